The minimum absolute atomic E-state index is 0.0753. The van der Waals surface area contributed by atoms with Gasteiger partial charge >= 0.3 is 0 Å². The number of carbonyl (C=O) groups excluding carboxylic acids is 1. The normalized spacial score (nSPS) is 14.6. The second kappa shape index (κ2) is 10.0. The first kappa shape index (κ1) is 26.1. The van der Waals surface area contributed by atoms with Gasteiger partial charge in [0.2, 0.25) is 10.0 Å². The Morgan fingerprint density at radius 1 is 1.03 bits per heavy atom. The lowest BCUT2D eigenvalue weighted by Crippen LogP contribution is -2.35. The highest BCUT2D eigenvalue weighted by Crippen LogP contribution is 2.28. The molecule has 0 radical (unpaired) electrons. The van der Waals surface area contributed by atoms with Crippen LogP contribution in [0.2, 0.25) is 0 Å². The van der Waals surface area contributed by atoms with Gasteiger partial charge in [0.25, 0.3) is 5.91 Å². The third-order valence-electron chi connectivity index (χ3n) is 6.52. The quantitative estimate of drug-likeness (QED) is 0.572. The predicted octanol–water partition coefficient (Wildman–Crippen LogP) is 4.73. The monoisotopic (exact) mass is 483 g/mol. The maximum atomic E-state index is 13.3. The van der Waals surface area contributed by atoms with Crippen LogP contribution in [0.4, 0.5) is 0 Å². The molecule has 0 saturated carbocycles. The number of rotatable bonds is 7. The van der Waals surface area contributed by atoms with Crippen LogP contribution in [0.15, 0.2) is 46.3 Å². The fourth-order valence-corrected chi connectivity index (χ4v) is 5.82. The van der Waals surface area contributed by atoms with Crippen molar-refractivity contribution in [3.63, 3.8) is 0 Å². The highest BCUT2D eigenvalue weighted by Gasteiger charge is 2.27. The van der Waals surface area contributed by atoms with E-state index in [1.54, 1.807) is 17.0 Å². The molecule has 3 rings (SSSR count). The highest BCUT2D eigenvalue weighted by atomic mass is 32.2. The molecule has 184 valence electrons. The van der Waals surface area contributed by atoms with Gasteiger partial charge in [-0.2, -0.15) is 4.31 Å². The van der Waals surface area contributed by atoms with E-state index in [0.29, 0.717) is 38.2 Å². The number of aryl methyl sites for hydroxylation is 2. The molecule has 0 aromatic heterocycles. The van der Waals surface area contributed by atoms with Gasteiger partial charge in [0, 0.05) is 31.6 Å². The molecule has 0 fully saturated rings. The van der Waals surface area contributed by atoms with E-state index in [2.05, 4.69) is 51.7 Å². The van der Waals surface area contributed by atoms with Crippen molar-refractivity contribution in [1.29, 1.82) is 0 Å². The average Bonchev–Trinajstić information content (AvgIpc) is 3.24. The topological polar surface area (TPSA) is 70.1 Å². The van der Waals surface area contributed by atoms with Crippen LogP contribution >= 0.6 is 0 Å². The molecule has 1 aliphatic rings. The second-order valence-corrected chi connectivity index (χ2v) is 11.8. The molecule has 1 amide bonds. The molecule has 7 heteroatoms. The van der Waals surface area contributed by atoms with Gasteiger partial charge in [-0.25, -0.2) is 8.42 Å². The van der Waals surface area contributed by atoms with Gasteiger partial charge in [-0.15, -0.1) is 0 Å². The van der Waals surface area contributed by atoms with Crippen LogP contribution in [0.25, 0.3) is 0 Å². The molecule has 0 N–H and O–H groups in total. The van der Waals surface area contributed by atoms with Crippen LogP contribution in [-0.4, -0.2) is 55.5 Å². The summed E-state index contributed by atoms with van der Waals surface area (Å²) in [7, 11) is -3.55. The molecule has 0 bridgehead atoms. The summed E-state index contributed by atoms with van der Waals surface area (Å²) < 4.78 is 26.9. The van der Waals surface area contributed by atoms with E-state index in [0.717, 1.165) is 5.84 Å². The number of sulfonamides is 1. The molecule has 1 aliphatic heterocycles. The SMILES string of the molecule is CCN(CC)S(=O)(=O)c1ccc(C(=O)N2CCN=C2Cc2c(C)cc(C(C)(C)C)cc2C)cc1. The van der Waals surface area contributed by atoms with Crippen molar-refractivity contribution in [3.05, 3.63) is 64.2 Å². The van der Waals surface area contributed by atoms with Crippen LogP contribution in [0.3, 0.4) is 0 Å². The van der Waals surface area contributed by atoms with Crippen LogP contribution in [0.1, 0.15) is 67.2 Å². The average molecular weight is 484 g/mol. The van der Waals surface area contributed by atoms with Gasteiger partial charge in [0.05, 0.1) is 11.4 Å². The third kappa shape index (κ3) is 5.26. The largest absolute Gasteiger partial charge is 0.294 e. The van der Waals surface area contributed by atoms with E-state index in [4.69, 9.17) is 0 Å². The maximum Gasteiger partial charge on any atom is 0.259 e. The zero-order chi connectivity index (χ0) is 25.3. The van der Waals surface area contributed by atoms with E-state index in [1.807, 2.05) is 13.8 Å². The molecule has 0 spiro atoms. The van der Waals surface area contributed by atoms with E-state index in [1.165, 1.54) is 38.7 Å². The lowest BCUT2D eigenvalue weighted by atomic mass is 9.83. The number of amides is 1. The van der Waals surface area contributed by atoms with Crippen LogP contribution in [-0.2, 0) is 21.9 Å². The first-order valence-corrected chi connectivity index (χ1v) is 13.4. The number of nitrogens with zero attached hydrogens (tertiary/aromatic N) is 3. The second-order valence-electron chi connectivity index (χ2n) is 9.88. The lowest BCUT2D eigenvalue weighted by Gasteiger charge is -2.24. The van der Waals surface area contributed by atoms with Crippen molar-refractivity contribution in [3.8, 4) is 0 Å². The summed E-state index contributed by atoms with van der Waals surface area (Å²) in [5.74, 6) is 0.615. The first-order valence-electron chi connectivity index (χ1n) is 12.0. The summed E-state index contributed by atoms with van der Waals surface area (Å²) in [4.78, 5) is 19.9. The predicted molar refractivity (Wildman–Crippen MR) is 138 cm³/mol. The number of hydrogen-bond acceptors (Lipinski definition) is 4. The Morgan fingerprint density at radius 2 is 1.59 bits per heavy atom. The molecular weight excluding hydrogens is 446 g/mol. The Morgan fingerprint density at radius 3 is 2.09 bits per heavy atom. The van der Waals surface area contributed by atoms with Gasteiger partial charge in [0.15, 0.2) is 0 Å². The van der Waals surface area contributed by atoms with Crippen molar-refractivity contribution in [2.45, 2.75) is 65.2 Å². The summed E-state index contributed by atoms with van der Waals surface area (Å²) in [5, 5.41) is 0. The van der Waals surface area contributed by atoms with Crippen LogP contribution in [0, 0.1) is 13.8 Å². The molecule has 0 saturated heterocycles. The van der Waals surface area contributed by atoms with E-state index < -0.39 is 10.0 Å². The van der Waals surface area contributed by atoms with Gasteiger partial charge < -0.3 is 0 Å². The summed E-state index contributed by atoms with van der Waals surface area (Å²) in [6.45, 7) is 16.4. The highest BCUT2D eigenvalue weighted by molar-refractivity contribution is 7.89. The summed E-state index contributed by atoms with van der Waals surface area (Å²) in [5.41, 5.74) is 5.45. The van der Waals surface area contributed by atoms with Crippen LogP contribution in [0.5, 0.6) is 0 Å². The Hall–Kier alpha value is -2.51. The van der Waals surface area contributed by atoms with E-state index >= 15 is 0 Å². The smallest absolute Gasteiger partial charge is 0.259 e. The summed E-state index contributed by atoms with van der Waals surface area (Å²) in [6.07, 6.45) is 0.599. The van der Waals surface area contributed by atoms with Gasteiger partial charge in [0.1, 0.15) is 5.84 Å². The number of aliphatic imine (C=N–C) groups is 1. The zero-order valence-corrected chi connectivity index (χ0v) is 22.3. The molecule has 0 atom stereocenters. The Kier molecular flexibility index (Phi) is 7.68. The molecule has 1 heterocycles. The van der Waals surface area contributed by atoms with Crippen LogP contribution < -0.4 is 0 Å². The minimum atomic E-state index is -3.55. The minimum Gasteiger partial charge on any atom is -0.294 e. The van der Waals surface area contributed by atoms with Crippen molar-refractivity contribution in [2.24, 2.45) is 4.99 Å². The molecule has 0 unspecified atom stereocenters. The molecule has 34 heavy (non-hydrogen) atoms. The molecule has 0 aliphatic carbocycles. The van der Waals surface area contributed by atoms with Gasteiger partial charge in [-0.05, 0) is 65.8 Å². The first-order chi connectivity index (χ1) is 15.9. The molecular formula is C27H37N3O3S. The zero-order valence-electron chi connectivity index (χ0n) is 21.5. The van der Waals surface area contributed by atoms with Crippen molar-refractivity contribution in [2.75, 3.05) is 26.2 Å². The van der Waals surface area contributed by atoms with Gasteiger partial charge in [-0.3, -0.25) is 14.7 Å². The number of amidine groups is 1. The Labute approximate surface area is 204 Å². The van der Waals surface area contributed by atoms with E-state index in [-0.39, 0.29) is 16.2 Å². The Balaban J connectivity index is 1.82. The van der Waals surface area contributed by atoms with Crippen molar-refractivity contribution in [1.82, 2.24) is 9.21 Å². The molecule has 6 nitrogen and oxygen atoms in total. The van der Waals surface area contributed by atoms with E-state index in [9.17, 15) is 13.2 Å². The van der Waals surface area contributed by atoms with Crippen molar-refractivity contribution < 1.29 is 13.2 Å². The number of benzene rings is 2. The summed E-state index contributed by atoms with van der Waals surface area (Å²) >= 11 is 0. The number of hydrogen-bond donors (Lipinski definition) is 0. The van der Waals surface area contributed by atoms with Gasteiger partial charge in [-0.1, -0.05) is 46.8 Å². The number of carbonyl (C=O) groups is 1. The fraction of sp³-hybridized carbons (Fsp3) is 0.481. The maximum absolute atomic E-state index is 13.3. The van der Waals surface area contributed by atoms with Crippen molar-refractivity contribution >= 4 is 21.8 Å². The molecule has 2 aromatic rings. The third-order valence-corrected chi connectivity index (χ3v) is 8.58. The fourth-order valence-electron chi connectivity index (χ4n) is 4.36. The standard InChI is InChI=1S/C27H37N3O3S/c1-8-29(9-2)34(32,33)23-12-10-21(11-13-23)26(31)30-15-14-28-25(30)18-24-19(3)16-22(17-20(24)4)27(5,6)7/h10-13,16-17H,8-9,14-15,18H2,1-7H3. The summed E-state index contributed by atoms with van der Waals surface area (Å²) in [6, 6.07) is 10.7. The lowest BCUT2D eigenvalue weighted by molar-refractivity contribution is 0.0856. The Bertz CT molecular complexity index is 1170. The molecule has 2 aromatic carbocycles.